The molecule has 0 aromatic heterocycles. The molecule has 0 fully saturated rings. The fraction of sp³-hybridized carbons (Fsp3) is 0.333. The first kappa shape index (κ1) is 13.7. The summed E-state index contributed by atoms with van der Waals surface area (Å²) >= 11 is 3.28. The molecule has 17 heavy (non-hydrogen) atoms. The maximum absolute atomic E-state index is 11.6. The smallest absolute Gasteiger partial charge is 0.238 e. The zero-order chi connectivity index (χ0) is 12.8. The summed E-state index contributed by atoms with van der Waals surface area (Å²) in [7, 11) is 0. The van der Waals surface area contributed by atoms with Crippen molar-refractivity contribution in [2.24, 2.45) is 0 Å². The normalized spacial score (nSPS) is 10.1. The summed E-state index contributed by atoms with van der Waals surface area (Å²) < 4.78 is 0.812. The molecule has 0 radical (unpaired) electrons. The van der Waals surface area contributed by atoms with Crippen LogP contribution in [0, 0.1) is 11.3 Å². The molecule has 1 aromatic rings. The minimum absolute atomic E-state index is 0.155. The zero-order valence-electron chi connectivity index (χ0n) is 9.75. The van der Waals surface area contributed by atoms with E-state index in [4.69, 9.17) is 5.26 Å². The van der Waals surface area contributed by atoms with E-state index >= 15 is 0 Å². The first-order valence-electron chi connectivity index (χ1n) is 5.26. The Morgan fingerprint density at radius 3 is 2.82 bits per heavy atom. The van der Waals surface area contributed by atoms with Crippen molar-refractivity contribution >= 4 is 27.5 Å². The molecular formula is C12H14BrN3O. The molecule has 0 aliphatic rings. The largest absolute Gasteiger partial charge is 0.324 e. The van der Waals surface area contributed by atoms with Crippen molar-refractivity contribution in [2.75, 3.05) is 11.9 Å². The van der Waals surface area contributed by atoms with Crippen LogP contribution in [-0.2, 0) is 4.79 Å². The second-order valence-electron chi connectivity index (χ2n) is 3.89. The van der Waals surface area contributed by atoms with E-state index in [0.29, 0.717) is 11.3 Å². The van der Waals surface area contributed by atoms with Gasteiger partial charge in [-0.3, -0.25) is 4.79 Å². The Kier molecular flexibility index (Phi) is 5.13. The number of nitrogens with one attached hydrogen (secondary N) is 2. The van der Waals surface area contributed by atoms with E-state index in [-0.39, 0.29) is 18.5 Å². The maximum Gasteiger partial charge on any atom is 0.238 e. The molecule has 2 N–H and O–H groups in total. The summed E-state index contributed by atoms with van der Waals surface area (Å²) in [5.74, 6) is -0.155. The van der Waals surface area contributed by atoms with Crippen molar-refractivity contribution in [2.45, 2.75) is 19.9 Å². The van der Waals surface area contributed by atoms with Gasteiger partial charge in [-0.15, -0.1) is 0 Å². The lowest BCUT2D eigenvalue weighted by molar-refractivity contribution is -0.115. The minimum Gasteiger partial charge on any atom is -0.324 e. The minimum atomic E-state index is -0.155. The summed E-state index contributed by atoms with van der Waals surface area (Å²) in [5.41, 5.74) is 0.975. The van der Waals surface area contributed by atoms with Gasteiger partial charge in [0.05, 0.1) is 17.8 Å². The SMILES string of the molecule is CC(C)NCC(=O)Nc1ccc(Br)cc1C#N. The van der Waals surface area contributed by atoms with Crippen molar-refractivity contribution in [3.63, 3.8) is 0 Å². The van der Waals surface area contributed by atoms with Gasteiger partial charge in [0.1, 0.15) is 6.07 Å². The van der Waals surface area contributed by atoms with Gasteiger partial charge in [-0.05, 0) is 18.2 Å². The number of benzene rings is 1. The second kappa shape index (κ2) is 6.38. The van der Waals surface area contributed by atoms with Gasteiger partial charge in [-0.2, -0.15) is 5.26 Å². The summed E-state index contributed by atoms with van der Waals surface area (Å²) in [6.45, 7) is 4.17. The third kappa shape index (κ3) is 4.55. The van der Waals surface area contributed by atoms with Gasteiger partial charge in [0.25, 0.3) is 0 Å². The molecule has 0 spiro atoms. The van der Waals surface area contributed by atoms with Crippen molar-refractivity contribution in [1.29, 1.82) is 5.26 Å². The number of nitriles is 1. The number of amides is 1. The Labute approximate surface area is 109 Å². The van der Waals surface area contributed by atoms with Crippen molar-refractivity contribution in [3.8, 4) is 6.07 Å². The maximum atomic E-state index is 11.6. The average Bonchev–Trinajstić information content (AvgIpc) is 2.28. The molecule has 0 aliphatic heterocycles. The number of anilines is 1. The van der Waals surface area contributed by atoms with Gasteiger partial charge in [0.2, 0.25) is 5.91 Å². The summed E-state index contributed by atoms with van der Waals surface area (Å²) in [6, 6.07) is 7.45. The number of carbonyl (C=O) groups is 1. The lowest BCUT2D eigenvalue weighted by Gasteiger charge is -2.10. The van der Waals surface area contributed by atoms with Crippen LogP contribution in [0.4, 0.5) is 5.69 Å². The van der Waals surface area contributed by atoms with Gasteiger partial charge in [-0.1, -0.05) is 29.8 Å². The van der Waals surface area contributed by atoms with Gasteiger partial charge in [0.15, 0.2) is 0 Å². The molecule has 0 atom stereocenters. The van der Waals surface area contributed by atoms with Crippen LogP contribution in [0.2, 0.25) is 0 Å². The third-order valence-electron chi connectivity index (χ3n) is 2.05. The van der Waals surface area contributed by atoms with Crippen LogP contribution in [0.15, 0.2) is 22.7 Å². The van der Waals surface area contributed by atoms with Gasteiger partial charge < -0.3 is 10.6 Å². The highest BCUT2D eigenvalue weighted by Gasteiger charge is 2.07. The van der Waals surface area contributed by atoms with Crippen LogP contribution in [-0.4, -0.2) is 18.5 Å². The number of rotatable bonds is 4. The average molecular weight is 296 g/mol. The van der Waals surface area contributed by atoms with Gasteiger partial charge in [0, 0.05) is 10.5 Å². The summed E-state index contributed by atoms with van der Waals surface area (Å²) in [4.78, 5) is 11.6. The first-order valence-corrected chi connectivity index (χ1v) is 6.05. The highest BCUT2D eigenvalue weighted by Crippen LogP contribution is 2.19. The number of nitrogens with zero attached hydrogens (tertiary/aromatic N) is 1. The van der Waals surface area contributed by atoms with Crippen LogP contribution < -0.4 is 10.6 Å². The van der Waals surface area contributed by atoms with E-state index in [2.05, 4.69) is 26.6 Å². The summed E-state index contributed by atoms with van der Waals surface area (Å²) in [6.07, 6.45) is 0. The van der Waals surface area contributed by atoms with Crippen LogP contribution in [0.3, 0.4) is 0 Å². The van der Waals surface area contributed by atoms with Gasteiger partial charge >= 0.3 is 0 Å². The highest BCUT2D eigenvalue weighted by molar-refractivity contribution is 9.10. The number of hydrogen-bond donors (Lipinski definition) is 2. The summed E-state index contributed by atoms with van der Waals surface area (Å²) in [5, 5.41) is 14.6. The zero-order valence-corrected chi connectivity index (χ0v) is 11.3. The Morgan fingerprint density at radius 2 is 2.24 bits per heavy atom. The molecule has 4 nitrogen and oxygen atoms in total. The Balaban J connectivity index is 2.69. The van der Waals surface area contributed by atoms with E-state index in [0.717, 1.165) is 4.47 Å². The molecule has 1 amide bonds. The van der Waals surface area contributed by atoms with Gasteiger partial charge in [-0.25, -0.2) is 0 Å². The predicted octanol–water partition coefficient (Wildman–Crippen LogP) is 2.26. The lowest BCUT2D eigenvalue weighted by Crippen LogP contribution is -2.32. The molecule has 0 aliphatic carbocycles. The predicted molar refractivity (Wildman–Crippen MR) is 70.6 cm³/mol. The van der Waals surface area contributed by atoms with E-state index in [1.54, 1.807) is 18.2 Å². The van der Waals surface area contributed by atoms with E-state index in [1.807, 2.05) is 19.9 Å². The fourth-order valence-corrected chi connectivity index (χ4v) is 1.57. The number of carbonyl (C=O) groups excluding carboxylic acids is 1. The molecule has 1 aromatic carbocycles. The van der Waals surface area contributed by atoms with E-state index < -0.39 is 0 Å². The van der Waals surface area contributed by atoms with E-state index in [1.165, 1.54) is 0 Å². The topological polar surface area (TPSA) is 64.9 Å². The van der Waals surface area contributed by atoms with Crippen molar-refractivity contribution in [3.05, 3.63) is 28.2 Å². The fourth-order valence-electron chi connectivity index (χ4n) is 1.21. The number of hydrogen-bond acceptors (Lipinski definition) is 3. The Morgan fingerprint density at radius 1 is 1.53 bits per heavy atom. The van der Waals surface area contributed by atoms with Crippen LogP contribution in [0.25, 0.3) is 0 Å². The molecular weight excluding hydrogens is 282 g/mol. The van der Waals surface area contributed by atoms with Crippen molar-refractivity contribution < 1.29 is 4.79 Å². The van der Waals surface area contributed by atoms with Crippen molar-refractivity contribution in [1.82, 2.24) is 5.32 Å². The lowest BCUT2D eigenvalue weighted by atomic mass is 10.2. The third-order valence-corrected chi connectivity index (χ3v) is 2.54. The quantitative estimate of drug-likeness (QED) is 0.895. The second-order valence-corrected chi connectivity index (χ2v) is 4.80. The highest BCUT2D eigenvalue weighted by atomic mass is 79.9. The monoisotopic (exact) mass is 295 g/mol. The standard InChI is InChI=1S/C12H14BrN3O/c1-8(2)15-7-12(17)16-11-4-3-10(13)5-9(11)6-14/h3-5,8,15H,7H2,1-2H3,(H,16,17). The molecule has 0 saturated heterocycles. The molecule has 90 valence electrons. The van der Waals surface area contributed by atoms with E-state index in [9.17, 15) is 4.79 Å². The molecule has 0 saturated carbocycles. The number of halogens is 1. The van der Waals surface area contributed by atoms with Crippen LogP contribution in [0.5, 0.6) is 0 Å². The Hall–Kier alpha value is -1.38. The molecule has 0 bridgehead atoms. The first-order chi connectivity index (χ1) is 8.02. The Bertz CT molecular complexity index is 452. The molecule has 1 rings (SSSR count). The molecule has 5 heteroatoms. The molecule has 0 heterocycles. The van der Waals surface area contributed by atoms with Crippen LogP contribution >= 0.6 is 15.9 Å². The molecule has 0 unspecified atom stereocenters. The van der Waals surface area contributed by atoms with Crippen LogP contribution in [0.1, 0.15) is 19.4 Å².